The first-order valence-corrected chi connectivity index (χ1v) is 6.33. The van der Waals surface area contributed by atoms with Gasteiger partial charge in [0.25, 0.3) is 0 Å². The zero-order valence-corrected chi connectivity index (χ0v) is 11.2. The fraction of sp³-hybridized carbons (Fsp3) is 0.235. The van der Waals surface area contributed by atoms with E-state index in [0.29, 0.717) is 0 Å². The Morgan fingerprint density at radius 1 is 1.00 bits per heavy atom. The van der Waals surface area contributed by atoms with Crippen molar-refractivity contribution < 1.29 is 4.79 Å². The highest BCUT2D eigenvalue weighted by atomic mass is 16.1. The van der Waals surface area contributed by atoms with Crippen molar-refractivity contribution in [2.45, 2.75) is 27.2 Å². The maximum absolute atomic E-state index is 12.6. The molecule has 2 rings (SSSR count). The molecule has 0 fully saturated rings. The Morgan fingerprint density at radius 2 is 1.72 bits per heavy atom. The third-order valence-corrected chi connectivity index (χ3v) is 3.28. The largest absolute Gasteiger partial charge is 0.289 e. The lowest BCUT2D eigenvalue weighted by molar-refractivity contribution is 0.103. The van der Waals surface area contributed by atoms with Crippen molar-refractivity contribution in [2.24, 2.45) is 0 Å². The van der Waals surface area contributed by atoms with Gasteiger partial charge in [-0.2, -0.15) is 0 Å². The number of benzene rings is 2. The molecule has 2 aromatic rings. The summed E-state index contributed by atoms with van der Waals surface area (Å²) in [5, 5.41) is 0. The molecular weight excluding hydrogens is 220 g/mol. The van der Waals surface area contributed by atoms with Crippen molar-refractivity contribution >= 4 is 5.78 Å². The highest BCUT2D eigenvalue weighted by Crippen LogP contribution is 2.19. The molecule has 0 aromatic heterocycles. The van der Waals surface area contributed by atoms with Crippen LogP contribution in [-0.4, -0.2) is 5.78 Å². The predicted molar refractivity (Wildman–Crippen MR) is 75.2 cm³/mol. The van der Waals surface area contributed by atoms with Crippen LogP contribution in [0.1, 0.15) is 39.5 Å². The average molecular weight is 238 g/mol. The van der Waals surface area contributed by atoms with Crippen molar-refractivity contribution in [1.82, 2.24) is 0 Å². The molecule has 1 heteroatoms. The van der Waals surface area contributed by atoms with Gasteiger partial charge in [0, 0.05) is 11.1 Å². The first-order valence-electron chi connectivity index (χ1n) is 6.33. The molecule has 0 amide bonds. The van der Waals surface area contributed by atoms with Gasteiger partial charge in [-0.15, -0.1) is 0 Å². The molecule has 0 aliphatic carbocycles. The average Bonchev–Trinajstić information content (AvgIpc) is 2.40. The van der Waals surface area contributed by atoms with Gasteiger partial charge in [-0.1, -0.05) is 48.9 Å². The van der Waals surface area contributed by atoms with Gasteiger partial charge in [-0.3, -0.25) is 4.79 Å². The van der Waals surface area contributed by atoms with Crippen molar-refractivity contribution in [3.05, 3.63) is 70.3 Å². The molecule has 2 aromatic carbocycles. The summed E-state index contributed by atoms with van der Waals surface area (Å²) in [5.41, 5.74) is 4.92. The van der Waals surface area contributed by atoms with Gasteiger partial charge in [-0.25, -0.2) is 0 Å². The molecule has 92 valence electrons. The highest BCUT2D eigenvalue weighted by Gasteiger charge is 2.14. The molecule has 0 N–H and O–H groups in total. The Hall–Kier alpha value is -1.89. The Balaban J connectivity index is 2.51. The fourth-order valence-corrected chi connectivity index (χ4v) is 2.18. The summed E-state index contributed by atoms with van der Waals surface area (Å²) in [5.74, 6) is 0.133. The molecule has 0 bridgehead atoms. The van der Waals surface area contributed by atoms with Crippen LogP contribution in [0.4, 0.5) is 0 Å². The van der Waals surface area contributed by atoms with Crippen LogP contribution in [0.25, 0.3) is 0 Å². The van der Waals surface area contributed by atoms with E-state index in [4.69, 9.17) is 0 Å². The lowest BCUT2D eigenvalue weighted by Gasteiger charge is -2.09. The lowest BCUT2D eigenvalue weighted by Crippen LogP contribution is -2.07. The van der Waals surface area contributed by atoms with E-state index in [0.717, 1.165) is 34.2 Å². The van der Waals surface area contributed by atoms with Crippen LogP contribution in [0.2, 0.25) is 0 Å². The van der Waals surface area contributed by atoms with E-state index in [9.17, 15) is 4.79 Å². The van der Waals surface area contributed by atoms with Gasteiger partial charge in [0.1, 0.15) is 0 Å². The molecule has 0 aliphatic heterocycles. The quantitative estimate of drug-likeness (QED) is 0.736. The second-order valence-corrected chi connectivity index (χ2v) is 4.66. The maximum atomic E-state index is 12.6. The Bertz CT molecular complexity index is 582. The molecule has 0 unspecified atom stereocenters. The third-order valence-electron chi connectivity index (χ3n) is 3.28. The smallest absolute Gasteiger partial charge is 0.193 e. The molecule has 0 spiro atoms. The first-order chi connectivity index (χ1) is 8.63. The number of carbonyl (C=O) groups excluding carboxylic acids is 1. The second-order valence-electron chi connectivity index (χ2n) is 4.66. The minimum absolute atomic E-state index is 0.133. The zero-order chi connectivity index (χ0) is 13.1. The third kappa shape index (κ3) is 2.35. The number of ketones is 1. The van der Waals surface area contributed by atoms with Crippen molar-refractivity contribution in [3.63, 3.8) is 0 Å². The molecule has 0 saturated heterocycles. The Morgan fingerprint density at radius 3 is 2.44 bits per heavy atom. The van der Waals surface area contributed by atoms with Crippen LogP contribution < -0.4 is 0 Å². The van der Waals surface area contributed by atoms with Crippen molar-refractivity contribution in [3.8, 4) is 0 Å². The summed E-state index contributed by atoms with van der Waals surface area (Å²) in [6.07, 6.45) is 0.882. The summed E-state index contributed by atoms with van der Waals surface area (Å²) in [4.78, 5) is 12.6. The summed E-state index contributed by atoms with van der Waals surface area (Å²) < 4.78 is 0. The molecule has 0 heterocycles. The van der Waals surface area contributed by atoms with E-state index >= 15 is 0 Å². The van der Waals surface area contributed by atoms with Gasteiger partial charge in [0.05, 0.1) is 0 Å². The molecule has 1 nitrogen and oxygen atoms in total. The minimum Gasteiger partial charge on any atom is -0.289 e. The van der Waals surface area contributed by atoms with Gasteiger partial charge in [0.2, 0.25) is 0 Å². The van der Waals surface area contributed by atoms with Gasteiger partial charge in [-0.05, 0) is 37.5 Å². The summed E-state index contributed by atoms with van der Waals surface area (Å²) >= 11 is 0. The van der Waals surface area contributed by atoms with E-state index in [1.807, 2.05) is 56.3 Å². The van der Waals surface area contributed by atoms with E-state index in [-0.39, 0.29) is 5.78 Å². The summed E-state index contributed by atoms with van der Waals surface area (Å²) in [7, 11) is 0. The van der Waals surface area contributed by atoms with Gasteiger partial charge >= 0.3 is 0 Å². The number of hydrogen-bond donors (Lipinski definition) is 0. The zero-order valence-electron chi connectivity index (χ0n) is 11.2. The molecule has 0 saturated carbocycles. The Labute approximate surface area is 108 Å². The Kier molecular flexibility index (Phi) is 3.61. The van der Waals surface area contributed by atoms with Gasteiger partial charge < -0.3 is 0 Å². The number of hydrogen-bond acceptors (Lipinski definition) is 1. The maximum Gasteiger partial charge on any atom is 0.193 e. The van der Waals surface area contributed by atoms with Crippen LogP contribution in [0.15, 0.2) is 42.5 Å². The summed E-state index contributed by atoms with van der Waals surface area (Å²) in [6.45, 7) is 6.08. The van der Waals surface area contributed by atoms with Crippen LogP contribution in [0.3, 0.4) is 0 Å². The molecule has 18 heavy (non-hydrogen) atoms. The number of rotatable bonds is 3. The van der Waals surface area contributed by atoms with Crippen LogP contribution >= 0.6 is 0 Å². The van der Waals surface area contributed by atoms with E-state index in [1.54, 1.807) is 0 Å². The van der Waals surface area contributed by atoms with Crippen LogP contribution in [0.5, 0.6) is 0 Å². The van der Waals surface area contributed by atoms with Crippen LogP contribution in [-0.2, 0) is 6.42 Å². The summed E-state index contributed by atoms with van der Waals surface area (Å²) in [6, 6.07) is 13.9. The number of carbonyl (C=O) groups is 1. The molecule has 0 aliphatic rings. The molecule has 0 atom stereocenters. The fourth-order valence-electron chi connectivity index (χ4n) is 2.18. The predicted octanol–water partition coefficient (Wildman–Crippen LogP) is 4.10. The van der Waals surface area contributed by atoms with Gasteiger partial charge in [0.15, 0.2) is 5.78 Å². The van der Waals surface area contributed by atoms with E-state index in [2.05, 4.69) is 6.92 Å². The topological polar surface area (TPSA) is 17.1 Å². The van der Waals surface area contributed by atoms with Crippen molar-refractivity contribution in [1.29, 1.82) is 0 Å². The van der Waals surface area contributed by atoms with Crippen molar-refractivity contribution in [2.75, 3.05) is 0 Å². The molecular formula is C17H18O. The lowest BCUT2D eigenvalue weighted by atomic mass is 9.93. The standard InChI is InChI=1S/C17H18O/c1-4-14-7-5-6-8-15(14)17(18)16-11-12(2)9-10-13(16)3/h5-11H,4H2,1-3H3. The SMILES string of the molecule is CCc1ccccc1C(=O)c1cc(C)ccc1C. The monoisotopic (exact) mass is 238 g/mol. The minimum atomic E-state index is 0.133. The first kappa shape index (κ1) is 12.6. The van der Waals surface area contributed by atoms with Crippen LogP contribution in [0, 0.1) is 13.8 Å². The van der Waals surface area contributed by atoms with E-state index < -0.39 is 0 Å². The van der Waals surface area contributed by atoms with E-state index in [1.165, 1.54) is 0 Å². The molecule has 0 radical (unpaired) electrons. The normalized spacial score (nSPS) is 10.4. The highest BCUT2D eigenvalue weighted by molar-refractivity contribution is 6.10. The second kappa shape index (κ2) is 5.18. The number of aryl methyl sites for hydroxylation is 3.